The lowest BCUT2D eigenvalue weighted by molar-refractivity contribution is 0.102. The van der Waals surface area contributed by atoms with Gasteiger partial charge in [-0.2, -0.15) is 8.78 Å². The van der Waals surface area contributed by atoms with Crippen LogP contribution < -0.4 is 5.32 Å². The van der Waals surface area contributed by atoms with Crippen LogP contribution in [0.4, 0.5) is 14.5 Å². The Balaban J connectivity index is 2.26. The summed E-state index contributed by atoms with van der Waals surface area (Å²) in [5, 5.41) is 12.5. The van der Waals surface area contributed by atoms with Gasteiger partial charge in [-0.1, -0.05) is 26.8 Å². The molecule has 0 radical (unpaired) electrons. The van der Waals surface area contributed by atoms with Crippen molar-refractivity contribution in [3.8, 4) is 5.75 Å². The maximum absolute atomic E-state index is 12.5. The summed E-state index contributed by atoms with van der Waals surface area (Å²) in [6.07, 6.45) is 0. The molecule has 0 saturated carbocycles. The molecular formula is C18H19F2NO4S. The van der Waals surface area contributed by atoms with E-state index in [0.717, 1.165) is 29.8 Å². The van der Waals surface area contributed by atoms with Gasteiger partial charge >= 0.3 is 5.76 Å². The Morgan fingerprint density at radius 3 is 2.15 bits per heavy atom. The van der Waals surface area contributed by atoms with Crippen molar-refractivity contribution in [3.63, 3.8) is 0 Å². The van der Waals surface area contributed by atoms with Gasteiger partial charge in [0.05, 0.1) is 10.6 Å². The predicted molar refractivity (Wildman–Crippen MR) is 94.4 cm³/mol. The number of amides is 1. The molecule has 0 aliphatic heterocycles. The fourth-order valence-corrected chi connectivity index (χ4v) is 2.92. The Kier molecular flexibility index (Phi) is 5.36. The Bertz CT molecular complexity index is 917. The fourth-order valence-electron chi connectivity index (χ4n) is 2.20. The molecule has 0 aliphatic rings. The highest BCUT2D eigenvalue weighted by molar-refractivity contribution is 7.91. The number of aromatic hydroxyl groups is 1. The molecule has 0 spiro atoms. The maximum Gasteiger partial charge on any atom is 0.341 e. The number of benzene rings is 2. The fraction of sp³-hybridized carbons (Fsp3) is 0.278. The molecule has 26 heavy (non-hydrogen) atoms. The van der Waals surface area contributed by atoms with E-state index in [9.17, 15) is 27.1 Å². The quantitative estimate of drug-likeness (QED) is 0.784. The third-order valence-corrected chi connectivity index (χ3v) is 5.19. The van der Waals surface area contributed by atoms with Gasteiger partial charge in [-0.05, 0) is 47.4 Å². The van der Waals surface area contributed by atoms with Gasteiger partial charge in [0.25, 0.3) is 5.91 Å². The Labute approximate surface area is 150 Å². The van der Waals surface area contributed by atoms with Crippen LogP contribution in [0.2, 0.25) is 0 Å². The van der Waals surface area contributed by atoms with Gasteiger partial charge < -0.3 is 10.4 Å². The number of alkyl halides is 2. The average Bonchev–Trinajstić information content (AvgIpc) is 2.55. The molecule has 2 N–H and O–H groups in total. The Morgan fingerprint density at radius 1 is 1.08 bits per heavy atom. The van der Waals surface area contributed by atoms with E-state index in [1.54, 1.807) is 12.1 Å². The van der Waals surface area contributed by atoms with E-state index < -0.39 is 26.4 Å². The van der Waals surface area contributed by atoms with E-state index in [0.29, 0.717) is 0 Å². The van der Waals surface area contributed by atoms with Gasteiger partial charge in [-0.25, -0.2) is 8.42 Å². The van der Waals surface area contributed by atoms with Gasteiger partial charge in [0.1, 0.15) is 5.75 Å². The number of sulfone groups is 1. The van der Waals surface area contributed by atoms with Gasteiger partial charge in [0.15, 0.2) is 0 Å². The number of carbonyl (C=O) groups excluding carboxylic acids is 1. The minimum atomic E-state index is -4.71. The van der Waals surface area contributed by atoms with Crippen LogP contribution in [0.1, 0.15) is 36.7 Å². The second-order valence-electron chi connectivity index (χ2n) is 6.77. The number of anilines is 1. The van der Waals surface area contributed by atoms with Crippen LogP contribution in [0.25, 0.3) is 0 Å². The number of halogens is 2. The SMILES string of the molecule is CC(C)(C)c1ccc(O)c(NC(=O)c2ccc(S(=O)(=O)C(F)F)cc2)c1. The highest BCUT2D eigenvalue weighted by atomic mass is 32.2. The largest absolute Gasteiger partial charge is 0.506 e. The van der Waals surface area contributed by atoms with Crippen LogP contribution in [0.5, 0.6) is 5.75 Å². The van der Waals surface area contributed by atoms with Crippen molar-refractivity contribution in [2.45, 2.75) is 36.8 Å². The number of hydrogen-bond donors (Lipinski definition) is 2. The van der Waals surface area contributed by atoms with E-state index in [1.807, 2.05) is 20.8 Å². The lowest BCUT2D eigenvalue weighted by Crippen LogP contribution is -2.15. The van der Waals surface area contributed by atoms with Gasteiger partial charge in [-0.15, -0.1) is 0 Å². The van der Waals surface area contributed by atoms with Crippen molar-refractivity contribution in [2.24, 2.45) is 0 Å². The molecule has 2 aromatic rings. The number of phenols is 1. The molecule has 1 amide bonds. The number of hydrogen-bond acceptors (Lipinski definition) is 4. The number of rotatable bonds is 4. The van der Waals surface area contributed by atoms with Crippen molar-refractivity contribution >= 4 is 21.4 Å². The van der Waals surface area contributed by atoms with Gasteiger partial charge in [-0.3, -0.25) is 4.79 Å². The molecule has 0 atom stereocenters. The summed E-state index contributed by atoms with van der Waals surface area (Å²) >= 11 is 0. The topological polar surface area (TPSA) is 83.5 Å². The summed E-state index contributed by atoms with van der Waals surface area (Å²) in [5.41, 5.74) is 0.966. The van der Waals surface area contributed by atoms with Crippen molar-refractivity contribution in [1.29, 1.82) is 0 Å². The van der Waals surface area contributed by atoms with Crippen molar-refractivity contribution in [3.05, 3.63) is 53.6 Å². The third-order valence-electron chi connectivity index (χ3n) is 3.79. The van der Waals surface area contributed by atoms with Crippen LogP contribution in [-0.4, -0.2) is 25.2 Å². The predicted octanol–water partition coefficient (Wildman–Crippen LogP) is 3.94. The minimum absolute atomic E-state index is 0.0683. The van der Waals surface area contributed by atoms with Crippen LogP contribution in [0, 0.1) is 0 Å². The van der Waals surface area contributed by atoms with Crippen molar-refractivity contribution < 1.29 is 27.1 Å². The molecule has 0 unspecified atom stereocenters. The maximum atomic E-state index is 12.5. The molecule has 2 aromatic carbocycles. The van der Waals surface area contributed by atoms with Crippen LogP contribution in [0.15, 0.2) is 47.4 Å². The molecule has 0 saturated heterocycles. The van der Waals surface area contributed by atoms with Gasteiger partial charge in [0.2, 0.25) is 9.84 Å². The smallest absolute Gasteiger partial charge is 0.341 e. The second-order valence-corrected chi connectivity index (χ2v) is 8.68. The van der Waals surface area contributed by atoms with E-state index in [-0.39, 0.29) is 22.4 Å². The van der Waals surface area contributed by atoms with Crippen LogP contribution in [-0.2, 0) is 15.3 Å². The zero-order chi connectivity index (χ0) is 19.7. The minimum Gasteiger partial charge on any atom is -0.506 e. The zero-order valence-corrected chi connectivity index (χ0v) is 15.3. The van der Waals surface area contributed by atoms with Crippen molar-refractivity contribution in [1.82, 2.24) is 0 Å². The highest BCUT2D eigenvalue weighted by Gasteiger charge is 2.26. The molecule has 2 rings (SSSR count). The normalized spacial score (nSPS) is 12.2. The zero-order valence-electron chi connectivity index (χ0n) is 14.5. The molecule has 0 heterocycles. The molecule has 8 heteroatoms. The lowest BCUT2D eigenvalue weighted by atomic mass is 9.87. The standard InChI is InChI=1S/C18H19F2NO4S/c1-18(2,3)12-6-9-15(22)14(10-12)21-16(23)11-4-7-13(8-5-11)26(24,25)17(19)20/h4-10,17,22H,1-3H3,(H,21,23). The molecular weight excluding hydrogens is 364 g/mol. The Morgan fingerprint density at radius 2 is 1.65 bits per heavy atom. The number of nitrogens with one attached hydrogen (secondary N) is 1. The lowest BCUT2D eigenvalue weighted by Gasteiger charge is -2.20. The molecule has 0 fully saturated rings. The van der Waals surface area contributed by atoms with E-state index in [1.165, 1.54) is 6.07 Å². The first-order chi connectivity index (χ1) is 11.9. The van der Waals surface area contributed by atoms with E-state index >= 15 is 0 Å². The molecule has 5 nitrogen and oxygen atoms in total. The molecule has 140 valence electrons. The Hall–Kier alpha value is -2.48. The van der Waals surface area contributed by atoms with Crippen LogP contribution in [0.3, 0.4) is 0 Å². The summed E-state index contributed by atoms with van der Waals surface area (Å²) in [4.78, 5) is 11.7. The third kappa shape index (κ3) is 4.19. The van der Waals surface area contributed by atoms with Gasteiger partial charge in [0, 0.05) is 5.56 Å². The summed E-state index contributed by atoms with van der Waals surface area (Å²) < 4.78 is 47.9. The molecule has 0 aromatic heterocycles. The number of phenolic OH excluding ortho intramolecular Hbond substituents is 1. The first-order valence-electron chi connectivity index (χ1n) is 7.70. The number of carbonyl (C=O) groups is 1. The van der Waals surface area contributed by atoms with Crippen LogP contribution >= 0.6 is 0 Å². The average molecular weight is 383 g/mol. The van der Waals surface area contributed by atoms with Crippen molar-refractivity contribution in [2.75, 3.05) is 5.32 Å². The van der Waals surface area contributed by atoms with E-state index in [4.69, 9.17) is 0 Å². The first-order valence-corrected chi connectivity index (χ1v) is 9.24. The summed E-state index contributed by atoms with van der Waals surface area (Å²) in [7, 11) is -4.71. The monoisotopic (exact) mass is 383 g/mol. The summed E-state index contributed by atoms with van der Waals surface area (Å²) in [6, 6.07) is 9.01. The molecule has 0 aliphatic carbocycles. The molecule has 0 bridgehead atoms. The first kappa shape index (κ1) is 19.8. The highest BCUT2D eigenvalue weighted by Crippen LogP contribution is 2.31. The van der Waals surface area contributed by atoms with E-state index in [2.05, 4.69) is 5.32 Å². The summed E-state index contributed by atoms with van der Waals surface area (Å²) in [6.45, 7) is 5.94. The second kappa shape index (κ2) is 7.03. The summed E-state index contributed by atoms with van der Waals surface area (Å²) in [5.74, 6) is -4.25.